The van der Waals surface area contributed by atoms with Crippen LogP contribution in [0.4, 0.5) is 5.13 Å². The number of ether oxygens (including phenoxy) is 1. The van der Waals surface area contributed by atoms with Gasteiger partial charge in [-0.25, -0.2) is 4.98 Å². The third-order valence-corrected chi connectivity index (χ3v) is 4.13. The van der Waals surface area contributed by atoms with Gasteiger partial charge in [0.25, 0.3) is 5.91 Å². The molecule has 1 aromatic carbocycles. The number of methoxy groups -OCH3 is 1. The lowest BCUT2D eigenvalue weighted by Gasteiger charge is -2.05. The van der Waals surface area contributed by atoms with E-state index in [-0.39, 0.29) is 5.91 Å². The molecule has 0 fully saturated rings. The smallest absolute Gasteiger partial charge is 0.257 e. The third-order valence-electron chi connectivity index (χ3n) is 3.38. The van der Waals surface area contributed by atoms with Gasteiger partial charge in [-0.15, -0.1) is 11.3 Å². The lowest BCUT2D eigenvalue weighted by Crippen LogP contribution is -2.11. The van der Waals surface area contributed by atoms with Crippen LogP contribution in [0.1, 0.15) is 15.9 Å². The normalized spacial score (nSPS) is 10.3. The molecule has 3 aromatic rings. The van der Waals surface area contributed by atoms with E-state index < -0.39 is 0 Å². The van der Waals surface area contributed by atoms with E-state index in [1.54, 1.807) is 31.6 Å². The highest BCUT2D eigenvalue weighted by molar-refractivity contribution is 7.14. The Kier molecular flexibility index (Phi) is 4.34. The van der Waals surface area contributed by atoms with Gasteiger partial charge >= 0.3 is 0 Å². The van der Waals surface area contributed by atoms with Crippen molar-refractivity contribution >= 4 is 22.4 Å². The molecule has 1 amide bonds. The molecule has 0 aliphatic heterocycles. The van der Waals surface area contributed by atoms with Crippen LogP contribution in [-0.2, 0) is 0 Å². The molecule has 0 unspecified atom stereocenters. The SMILES string of the molecule is COc1ccc(-c2csc(NC(=O)c3ccncc3)n2)c(C)c1. The van der Waals surface area contributed by atoms with Crippen LogP contribution in [0.25, 0.3) is 11.3 Å². The molecular weight excluding hydrogens is 310 g/mol. The molecule has 0 bridgehead atoms. The Balaban J connectivity index is 1.80. The molecule has 0 saturated heterocycles. The Hall–Kier alpha value is -2.73. The van der Waals surface area contributed by atoms with Gasteiger partial charge in [-0.2, -0.15) is 0 Å². The summed E-state index contributed by atoms with van der Waals surface area (Å²) in [5.41, 5.74) is 3.48. The van der Waals surface area contributed by atoms with E-state index in [0.717, 1.165) is 22.6 Å². The van der Waals surface area contributed by atoms with Gasteiger partial charge in [0.05, 0.1) is 12.8 Å². The van der Waals surface area contributed by atoms with E-state index in [1.165, 1.54) is 11.3 Å². The van der Waals surface area contributed by atoms with E-state index in [1.807, 2.05) is 30.5 Å². The van der Waals surface area contributed by atoms with Crippen molar-refractivity contribution in [3.05, 3.63) is 59.2 Å². The summed E-state index contributed by atoms with van der Waals surface area (Å²) in [4.78, 5) is 20.5. The molecule has 2 heterocycles. The summed E-state index contributed by atoms with van der Waals surface area (Å²) >= 11 is 1.40. The predicted molar refractivity (Wildman–Crippen MR) is 91.0 cm³/mol. The van der Waals surface area contributed by atoms with Crippen LogP contribution in [0.3, 0.4) is 0 Å². The quantitative estimate of drug-likeness (QED) is 0.793. The second-order valence-corrected chi connectivity index (χ2v) is 5.77. The number of anilines is 1. The highest BCUT2D eigenvalue weighted by Gasteiger charge is 2.11. The maximum absolute atomic E-state index is 12.1. The summed E-state index contributed by atoms with van der Waals surface area (Å²) in [6.45, 7) is 2.01. The number of benzene rings is 1. The van der Waals surface area contributed by atoms with Crippen molar-refractivity contribution in [2.24, 2.45) is 0 Å². The summed E-state index contributed by atoms with van der Waals surface area (Å²) in [7, 11) is 1.64. The number of carbonyl (C=O) groups excluding carboxylic acids is 1. The zero-order valence-electron chi connectivity index (χ0n) is 12.7. The van der Waals surface area contributed by atoms with E-state index in [0.29, 0.717) is 10.7 Å². The third kappa shape index (κ3) is 3.37. The summed E-state index contributed by atoms with van der Waals surface area (Å²) in [6, 6.07) is 9.16. The fraction of sp³-hybridized carbons (Fsp3) is 0.118. The molecule has 0 spiro atoms. The lowest BCUT2D eigenvalue weighted by atomic mass is 10.1. The number of amides is 1. The maximum Gasteiger partial charge on any atom is 0.257 e. The van der Waals surface area contributed by atoms with Gasteiger partial charge in [0.15, 0.2) is 5.13 Å². The van der Waals surface area contributed by atoms with Gasteiger partial charge in [0, 0.05) is 28.9 Å². The number of hydrogen-bond acceptors (Lipinski definition) is 5. The minimum atomic E-state index is -0.195. The van der Waals surface area contributed by atoms with Crippen molar-refractivity contribution in [1.29, 1.82) is 0 Å². The average Bonchev–Trinajstić information content (AvgIpc) is 3.03. The van der Waals surface area contributed by atoms with Gasteiger partial charge < -0.3 is 4.74 Å². The second-order valence-electron chi connectivity index (χ2n) is 4.91. The Bertz CT molecular complexity index is 831. The zero-order chi connectivity index (χ0) is 16.2. The molecule has 1 N–H and O–H groups in total. The molecule has 3 rings (SSSR count). The molecule has 0 radical (unpaired) electrons. The first-order valence-corrected chi connectivity index (χ1v) is 7.87. The number of carbonyl (C=O) groups is 1. The Morgan fingerprint density at radius 1 is 1.22 bits per heavy atom. The number of rotatable bonds is 4. The van der Waals surface area contributed by atoms with Crippen LogP contribution in [-0.4, -0.2) is 23.0 Å². The number of hydrogen-bond donors (Lipinski definition) is 1. The van der Waals surface area contributed by atoms with E-state index in [2.05, 4.69) is 15.3 Å². The molecular formula is C17H15N3O2S. The summed E-state index contributed by atoms with van der Waals surface area (Å²) < 4.78 is 5.21. The molecule has 116 valence electrons. The van der Waals surface area contributed by atoms with Gasteiger partial charge in [-0.3, -0.25) is 15.1 Å². The molecule has 0 aliphatic rings. The minimum Gasteiger partial charge on any atom is -0.497 e. The van der Waals surface area contributed by atoms with Crippen molar-refractivity contribution in [3.63, 3.8) is 0 Å². The number of thiazole rings is 1. The molecule has 0 atom stereocenters. The van der Waals surface area contributed by atoms with E-state index in [4.69, 9.17) is 4.74 Å². The Labute approximate surface area is 138 Å². The second kappa shape index (κ2) is 6.58. The van der Waals surface area contributed by atoms with Crippen molar-refractivity contribution in [2.75, 3.05) is 12.4 Å². The number of aromatic nitrogens is 2. The summed E-state index contributed by atoms with van der Waals surface area (Å²) in [5.74, 6) is 0.618. The van der Waals surface area contributed by atoms with Gasteiger partial charge in [0.2, 0.25) is 0 Å². The Morgan fingerprint density at radius 2 is 2.00 bits per heavy atom. The molecule has 5 nitrogen and oxygen atoms in total. The highest BCUT2D eigenvalue weighted by Crippen LogP contribution is 2.29. The predicted octanol–water partition coefficient (Wildman–Crippen LogP) is 3.77. The van der Waals surface area contributed by atoms with Crippen molar-refractivity contribution in [2.45, 2.75) is 6.92 Å². The Morgan fingerprint density at radius 3 is 2.70 bits per heavy atom. The average molecular weight is 325 g/mol. The monoisotopic (exact) mass is 325 g/mol. The van der Waals surface area contributed by atoms with Crippen molar-refractivity contribution in [1.82, 2.24) is 9.97 Å². The maximum atomic E-state index is 12.1. The highest BCUT2D eigenvalue weighted by atomic mass is 32.1. The van der Waals surface area contributed by atoms with Crippen LogP contribution >= 0.6 is 11.3 Å². The number of nitrogens with one attached hydrogen (secondary N) is 1. The first kappa shape index (κ1) is 15.2. The van der Waals surface area contributed by atoms with Crippen LogP contribution in [0.15, 0.2) is 48.1 Å². The first-order chi connectivity index (χ1) is 11.2. The summed E-state index contributed by atoms with van der Waals surface area (Å²) in [5, 5.41) is 5.30. The fourth-order valence-electron chi connectivity index (χ4n) is 2.18. The van der Waals surface area contributed by atoms with Crippen LogP contribution in [0.2, 0.25) is 0 Å². The van der Waals surface area contributed by atoms with Crippen molar-refractivity contribution in [3.8, 4) is 17.0 Å². The number of nitrogens with zero attached hydrogens (tertiary/aromatic N) is 2. The molecule has 0 aliphatic carbocycles. The van der Waals surface area contributed by atoms with Crippen molar-refractivity contribution < 1.29 is 9.53 Å². The topological polar surface area (TPSA) is 64.1 Å². The van der Waals surface area contributed by atoms with E-state index >= 15 is 0 Å². The fourth-order valence-corrected chi connectivity index (χ4v) is 2.88. The van der Waals surface area contributed by atoms with E-state index in [9.17, 15) is 4.79 Å². The number of aryl methyl sites for hydroxylation is 1. The summed E-state index contributed by atoms with van der Waals surface area (Å²) in [6.07, 6.45) is 3.17. The standard InChI is InChI=1S/C17H15N3O2S/c1-11-9-13(22-2)3-4-14(11)15-10-23-17(19-15)20-16(21)12-5-7-18-8-6-12/h3-10H,1-2H3,(H,19,20,21). The molecule has 6 heteroatoms. The van der Waals surface area contributed by atoms with Gasteiger partial charge in [-0.1, -0.05) is 0 Å². The number of pyridine rings is 1. The van der Waals surface area contributed by atoms with Crippen LogP contribution < -0.4 is 10.1 Å². The molecule has 0 saturated carbocycles. The molecule has 23 heavy (non-hydrogen) atoms. The van der Waals surface area contributed by atoms with Crippen LogP contribution in [0, 0.1) is 6.92 Å². The first-order valence-electron chi connectivity index (χ1n) is 6.99. The lowest BCUT2D eigenvalue weighted by molar-refractivity contribution is 0.102. The van der Waals surface area contributed by atoms with Gasteiger partial charge in [-0.05, 0) is 42.8 Å². The van der Waals surface area contributed by atoms with Gasteiger partial charge in [0.1, 0.15) is 5.75 Å². The molecule has 2 aromatic heterocycles. The largest absolute Gasteiger partial charge is 0.497 e. The van der Waals surface area contributed by atoms with Crippen LogP contribution in [0.5, 0.6) is 5.75 Å². The minimum absolute atomic E-state index is 0.195. The zero-order valence-corrected chi connectivity index (χ0v) is 13.6.